The molecule has 0 amide bonds. The Balaban J connectivity index is 2.17. The minimum Gasteiger partial charge on any atom is -0.354 e. The zero-order chi connectivity index (χ0) is 13.9. The first-order valence-corrected chi connectivity index (χ1v) is 6.80. The standard InChI is InChI=1S/C15H17N5/c1-3-8-16-15-18-13-7-5-4-6-12(13)14(19-15)20-10-11(2)9-17-20/h4-7,9-10H,3,8H2,1-2H3,(H,16,18,19). The maximum atomic E-state index is 4.60. The topological polar surface area (TPSA) is 55.6 Å². The van der Waals surface area contributed by atoms with E-state index in [-0.39, 0.29) is 0 Å². The number of aryl methyl sites for hydroxylation is 1. The van der Waals surface area contributed by atoms with E-state index in [9.17, 15) is 0 Å². The molecule has 2 aromatic heterocycles. The monoisotopic (exact) mass is 267 g/mol. The van der Waals surface area contributed by atoms with Crippen molar-refractivity contribution < 1.29 is 0 Å². The van der Waals surface area contributed by atoms with Gasteiger partial charge in [-0.05, 0) is 31.0 Å². The van der Waals surface area contributed by atoms with Crippen LogP contribution in [0.5, 0.6) is 0 Å². The van der Waals surface area contributed by atoms with Crippen LogP contribution in [0, 0.1) is 6.92 Å². The summed E-state index contributed by atoms with van der Waals surface area (Å²) < 4.78 is 1.80. The van der Waals surface area contributed by atoms with Crippen molar-refractivity contribution in [2.24, 2.45) is 0 Å². The molecule has 2 heterocycles. The van der Waals surface area contributed by atoms with Crippen LogP contribution in [-0.2, 0) is 0 Å². The molecule has 0 spiro atoms. The second kappa shape index (κ2) is 5.28. The lowest BCUT2D eigenvalue weighted by atomic mass is 10.2. The number of rotatable bonds is 4. The summed E-state index contributed by atoms with van der Waals surface area (Å²) in [5.41, 5.74) is 2.03. The zero-order valence-corrected chi connectivity index (χ0v) is 11.7. The third-order valence-corrected chi connectivity index (χ3v) is 3.04. The van der Waals surface area contributed by atoms with Crippen molar-refractivity contribution in [3.8, 4) is 5.82 Å². The third kappa shape index (κ3) is 2.34. The average Bonchev–Trinajstić information content (AvgIpc) is 2.90. The second-order valence-electron chi connectivity index (χ2n) is 4.78. The van der Waals surface area contributed by atoms with Crippen molar-refractivity contribution in [1.82, 2.24) is 19.7 Å². The minimum atomic E-state index is 0.647. The number of aromatic nitrogens is 4. The largest absolute Gasteiger partial charge is 0.354 e. The van der Waals surface area contributed by atoms with E-state index in [1.807, 2.05) is 43.6 Å². The summed E-state index contributed by atoms with van der Waals surface area (Å²) in [7, 11) is 0. The Kier molecular flexibility index (Phi) is 3.33. The number of hydrogen-bond donors (Lipinski definition) is 1. The molecule has 5 nitrogen and oxygen atoms in total. The van der Waals surface area contributed by atoms with Gasteiger partial charge in [0.1, 0.15) is 0 Å². The first kappa shape index (κ1) is 12.6. The highest BCUT2D eigenvalue weighted by molar-refractivity contribution is 5.86. The van der Waals surface area contributed by atoms with Gasteiger partial charge < -0.3 is 5.32 Å². The van der Waals surface area contributed by atoms with Crippen LogP contribution in [0.1, 0.15) is 18.9 Å². The van der Waals surface area contributed by atoms with E-state index >= 15 is 0 Å². The quantitative estimate of drug-likeness (QED) is 0.789. The smallest absolute Gasteiger partial charge is 0.225 e. The van der Waals surface area contributed by atoms with Crippen LogP contribution >= 0.6 is 0 Å². The van der Waals surface area contributed by atoms with Gasteiger partial charge in [0, 0.05) is 18.1 Å². The molecule has 0 fully saturated rings. The van der Waals surface area contributed by atoms with Crippen LogP contribution in [0.2, 0.25) is 0 Å². The van der Waals surface area contributed by atoms with E-state index in [1.165, 1.54) is 0 Å². The molecule has 0 aliphatic heterocycles. The van der Waals surface area contributed by atoms with Crippen molar-refractivity contribution in [3.63, 3.8) is 0 Å². The van der Waals surface area contributed by atoms with Crippen LogP contribution in [-0.4, -0.2) is 26.3 Å². The summed E-state index contributed by atoms with van der Waals surface area (Å²) in [5.74, 6) is 1.45. The van der Waals surface area contributed by atoms with Crippen LogP contribution in [0.25, 0.3) is 16.7 Å². The van der Waals surface area contributed by atoms with Gasteiger partial charge in [0.15, 0.2) is 5.82 Å². The van der Waals surface area contributed by atoms with Crippen molar-refractivity contribution in [3.05, 3.63) is 42.2 Å². The van der Waals surface area contributed by atoms with Crippen molar-refractivity contribution in [1.29, 1.82) is 0 Å². The van der Waals surface area contributed by atoms with Gasteiger partial charge in [-0.15, -0.1) is 0 Å². The van der Waals surface area contributed by atoms with E-state index in [4.69, 9.17) is 0 Å². The van der Waals surface area contributed by atoms with Crippen LogP contribution in [0.3, 0.4) is 0 Å². The Morgan fingerprint density at radius 2 is 2.05 bits per heavy atom. The minimum absolute atomic E-state index is 0.647. The van der Waals surface area contributed by atoms with Gasteiger partial charge in [-0.1, -0.05) is 19.1 Å². The number of benzene rings is 1. The number of fused-ring (bicyclic) bond motifs is 1. The van der Waals surface area contributed by atoms with Crippen molar-refractivity contribution in [2.45, 2.75) is 20.3 Å². The van der Waals surface area contributed by atoms with Gasteiger partial charge in [0.25, 0.3) is 0 Å². The Morgan fingerprint density at radius 1 is 1.20 bits per heavy atom. The molecule has 1 aromatic carbocycles. The molecule has 3 aromatic rings. The third-order valence-electron chi connectivity index (χ3n) is 3.04. The highest BCUT2D eigenvalue weighted by atomic mass is 15.3. The summed E-state index contributed by atoms with van der Waals surface area (Å²) in [5, 5.41) is 8.59. The normalized spacial score (nSPS) is 10.9. The summed E-state index contributed by atoms with van der Waals surface area (Å²) in [6.07, 6.45) is 4.83. The van der Waals surface area contributed by atoms with Crippen LogP contribution < -0.4 is 5.32 Å². The zero-order valence-electron chi connectivity index (χ0n) is 11.7. The molecule has 0 aliphatic rings. The second-order valence-corrected chi connectivity index (χ2v) is 4.78. The summed E-state index contributed by atoms with van der Waals surface area (Å²) >= 11 is 0. The molecule has 0 saturated heterocycles. The van der Waals surface area contributed by atoms with Crippen LogP contribution in [0.4, 0.5) is 5.95 Å². The molecule has 0 atom stereocenters. The van der Waals surface area contributed by atoms with Gasteiger partial charge >= 0.3 is 0 Å². The predicted molar refractivity (Wildman–Crippen MR) is 80.2 cm³/mol. The molecule has 0 bridgehead atoms. The van der Waals surface area contributed by atoms with E-state index in [2.05, 4.69) is 27.3 Å². The van der Waals surface area contributed by atoms with E-state index < -0.39 is 0 Å². The predicted octanol–water partition coefficient (Wildman–Crippen LogP) is 2.95. The summed E-state index contributed by atoms with van der Waals surface area (Å²) in [6.45, 7) is 4.99. The van der Waals surface area contributed by atoms with Crippen molar-refractivity contribution >= 4 is 16.9 Å². The molecule has 102 valence electrons. The van der Waals surface area contributed by atoms with Crippen LogP contribution in [0.15, 0.2) is 36.7 Å². The molecule has 0 unspecified atom stereocenters. The fraction of sp³-hybridized carbons (Fsp3) is 0.267. The van der Waals surface area contributed by atoms with Gasteiger partial charge in [-0.25, -0.2) is 9.67 Å². The Bertz CT molecular complexity index is 732. The molecular formula is C15H17N5. The first-order valence-electron chi connectivity index (χ1n) is 6.80. The summed E-state index contributed by atoms with van der Waals surface area (Å²) in [4.78, 5) is 9.14. The lowest BCUT2D eigenvalue weighted by molar-refractivity contribution is 0.847. The van der Waals surface area contributed by atoms with E-state index in [0.717, 1.165) is 35.2 Å². The number of nitrogens with one attached hydrogen (secondary N) is 1. The fourth-order valence-electron chi connectivity index (χ4n) is 2.08. The number of hydrogen-bond acceptors (Lipinski definition) is 4. The lowest BCUT2D eigenvalue weighted by Crippen LogP contribution is -2.08. The van der Waals surface area contributed by atoms with Gasteiger partial charge in [-0.2, -0.15) is 10.1 Å². The molecule has 20 heavy (non-hydrogen) atoms. The summed E-state index contributed by atoms with van der Waals surface area (Å²) in [6, 6.07) is 7.99. The first-order chi connectivity index (χ1) is 9.78. The molecule has 1 N–H and O–H groups in total. The van der Waals surface area contributed by atoms with Gasteiger partial charge in [0.2, 0.25) is 5.95 Å². The SMILES string of the molecule is CCCNc1nc(-n2cc(C)cn2)c2ccccc2n1. The van der Waals surface area contributed by atoms with Crippen molar-refractivity contribution in [2.75, 3.05) is 11.9 Å². The van der Waals surface area contributed by atoms with Gasteiger partial charge in [0.05, 0.1) is 11.7 Å². The van der Waals surface area contributed by atoms with E-state index in [0.29, 0.717) is 5.95 Å². The molecule has 5 heteroatoms. The number of nitrogens with zero attached hydrogens (tertiary/aromatic N) is 4. The highest BCUT2D eigenvalue weighted by Gasteiger charge is 2.09. The molecular weight excluding hydrogens is 250 g/mol. The fourth-order valence-corrected chi connectivity index (χ4v) is 2.08. The molecule has 0 saturated carbocycles. The number of anilines is 1. The van der Waals surface area contributed by atoms with Gasteiger partial charge in [-0.3, -0.25) is 0 Å². The molecule has 0 aliphatic carbocycles. The Hall–Kier alpha value is -2.43. The Morgan fingerprint density at radius 3 is 2.80 bits per heavy atom. The maximum Gasteiger partial charge on any atom is 0.225 e. The Labute approximate surface area is 117 Å². The number of para-hydroxylation sites is 1. The average molecular weight is 267 g/mol. The van der Waals surface area contributed by atoms with E-state index in [1.54, 1.807) is 4.68 Å². The molecule has 0 radical (unpaired) electrons. The highest BCUT2D eigenvalue weighted by Crippen LogP contribution is 2.20. The molecule has 3 rings (SSSR count). The maximum absolute atomic E-state index is 4.60. The lowest BCUT2D eigenvalue weighted by Gasteiger charge is -2.09.